The van der Waals surface area contributed by atoms with Crippen LogP contribution >= 0.6 is 0 Å². The van der Waals surface area contributed by atoms with Crippen molar-refractivity contribution in [2.24, 2.45) is 5.10 Å². The summed E-state index contributed by atoms with van der Waals surface area (Å²) in [7, 11) is 1.55. The van der Waals surface area contributed by atoms with Crippen molar-refractivity contribution in [2.75, 3.05) is 13.7 Å². The first-order chi connectivity index (χ1) is 11.7. The second kappa shape index (κ2) is 8.69. The van der Waals surface area contributed by atoms with Crippen molar-refractivity contribution >= 4 is 12.1 Å². The molecule has 24 heavy (non-hydrogen) atoms. The summed E-state index contributed by atoms with van der Waals surface area (Å²) < 4.78 is 10.7. The minimum atomic E-state index is -1.27. The molecule has 0 bridgehead atoms. The molecule has 1 amide bonds. The molecule has 6 heteroatoms. The number of nitrogens with one attached hydrogen (secondary N) is 1. The van der Waals surface area contributed by atoms with Crippen LogP contribution in [0.1, 0.15) is 24.2 Å². The Morgan fingerprint density at radius 1 is 1.25 bits per heavy atom. The third kappa shape index (κ3) is 4.57. The Morgan fingerprint density at radius 3 is 2.67 bits per heavy atom. The molecular weight excluding hydrogens is 308 g/mol. The topological polar surface area (TPSA) is 80.2 Å². The minimum Gasteiger partial charge on any atom is -0.493 e. The molecule has 0 saturated carbocycles. The molecule has 1 atom stereocenters. The average molecular weight is 328 g/mol. The summed E-state index contributed by atoms with van der Waals surface area (Å²) in [6.07, 6.45) is 0.201. The fourth-order valence-electron chi connectivity index (χ4n) is 2.06. The molecular formula is C18H20N2O4. The zero-order valence-corrected chi connectivity index (χ0v) is 13.6. The van der Waals surface area contributed by atoms with E-state index >= 15 is 0 Å². The lowest BCUT2D eigenvalue weighted by molar-refractivity contribution is -0.129. The molecule has 126 valence electrons. The van der Waals surface area contributed by atoms with E-state index in [1.807, 2.05) is 13.0 Å². The Morgan fingerprint density at radius 2 is 2.00 bits per heavy atom. The van der Waals surface area contributed by atoms with Gasteiger partial charge in [-0.2, -0.15) is 5.10 Å². The van der Waals surface area contributed by atoms with Gasteiger partial charge in [0.2, 0.25) is 0 Å². The summed E-state index contributed by atoms with van der Waals surface area (Å²) in [5.41, 5.74) is 3.55. The van der Waals surface area contributed by atoms with Crippen molar-refractivity contribution in [1.29, 1.82) is 0 Å². The molecule has 0 aliphatic heterocycles. The SMILES string of the molecule is CCOc1ccc(/C=N/NC(=O)[C@@H](O)c2ccccc2)cc1OC. The smallest absolute Gasteiger partial charge is 0.273 e. The Labute approximate surface area is 140 Å². The molecule has 2 aromatic carbocycles. The predicted octanol–water partition coefficient (Wildman–Crippen LogP) is 2.28. The van der Waals surface area contributed by atoms with Gasteiger partial charge in [0.1, 0.15) is 0 Å². The summed E-state index contributed by atoms with van der Waals surface area (Å²) in [5.74, 6) is 0.618. The van der Waals surface area contributed by atoms with Gasteiger partial charge < -0.3 is 14.6 Å². The van der Waals surface area contributed by atoms with E-state index in [1.165, 1.54) is 6.21 Å². The van der Waals surface area contributed by atoms with Crippen LogP contribution in [-0.4, -0.2) is 30.9 Å². The third-order valence-corrected chi connectivity index (χ3v) is 3.24. The molecule has 0 heterocycles. The fraction of sp³-hybridized carbons (Fsp3) is 0.222. The van der Waals surface area contributed by atoms with Gasteiger partial charge in [-0.05, 0) is 36.2 Å². The monoisotopic (exact) mass is 328 g/mol. The number of nitrogens with zero attached hydrogens (tertiary/aromatic N) is 1. The Bertz CT molecular complexity index is 701. The molecule has 0 spiro atoms. The van der Waals surface area contributed by atoms with Gasteiger partial charge >= 0.3 is 0 Å². The number of carbonyl (C=O) groups is 1. The van der Waals surface area contributed by atoms with Gasteiger partial charge in [0.15, 0.2) is 17.6 Å². The normalized spacial score (nSPS) is 12.0. The number of amides is 1. The zero-order chi connectivity index (χ0) is 17.4. The number of benzene rings is 2. The number of hydrogen-bond acceptors (Lipinski definition) is 5. The molecule has 6 nitrogen and oxygen atoms in total. The number of aliphatic hydroxyl groups excluding tert-OH is 1. The van der Waals surface area contributed by atoms with Crippen LogP contribution in [0.5, 0.6) is 11.5 Å². The highest BCUT2D eigenvalue weighted by Crippen LogP contribution is 2.27. The van der Waals surface area contributed by atoms with E-state index in [4.69, 9.17) is 9.47 Å². The summed E-state index contributed by atoms with van der Waals surface area (Å²) in [6, 6.07) is 14.0. The minimum absolute atomic E-state index is 0.507. The maximum absolute atomic E-state index is 11.9. The first-order valence-electron chi connectivity index (χ1n) is 7.52. The van der Waals surface area contributed by atoms with E-state index < -0.39 is 12.0 Å². The molecule has 0 aliphatic rings. The highest BCUT2D eigenvalue weighted by Gasteiger charge is 2.15. The maximum Gasteiger partial charge on any atom is 0.273 e. The molecule has 2 rings (SSSR count). The van der Waals surface area contributed by atoms with Crippen molar-refractivity contribution < 1.29 is 19.4 Å². The Hall–Kier alpha value is -2.86. The maximum atomic E-state index is 11.9. The third-order valence-electron chi connectivity index (χ3n) is 3.24. The number of carbonyl (C=O) groups excluding carboxylic acids is 1. The number of aliphatic hydroxyl groups is 1. The van der Waals surface area contributed by atoms with E-state index in [0.717, 1.165) is 5.56 Å². The molecule has 0 unspecified atom stereocenters. The van der Waals surface area contributed by atoms with Crippen molar-refractivity contribution in [3.8, 4) is 11.5 Å². The summed E-state index contributed by atoms with van der Waals surface area (Å²) in [4.78, 5) is 11.9. The standard InChI is InChI=1S/C18H20N2O4/c1-3-24-15-10-9-13(11-16(15)23-2)12-19-20-18(22)17(21)14-7-5-4-6-8-14/h4-12,17,21H,3H2,1-2H3,(H,20,22)/b19-12+/t17-/m0/s1. The van der Waals surface area contributed by atoms with Gasteiger partial charge in [-0.15, -0.1) is 0 Å². The summed E-state index contributed by atoms with van der Waals surface area (Å²) in [5, 5.41) is 13.8. The number of hydrazone groups is 1. The van der Waals surface area contributed by atoms with Crippen LogP contribution in [0.15, 0.2) is 53.6 Å². The van der Waals surface area contributed by atoms with E-state index in [0.29, 0.717) is 23.7 Å². The number of rotatable bonds is 7. The van der Waals surface area contributed by atoms with Gasteiger partial charge in [-0.25, -0.2) is 5.43 Å². The number of ether oxygens (including phenoxy) is 2. The van der Waals surface area contributed by atoms with Gasteiger partial charge in [-0.1, -0.05) is 30.3 Å². The lowest BCUT2D eigenvalue weighted by Crippen LogP contribution is -2.25. The first kappa shape index (κ1) is 17.5. The lowest BCUT2D eigenvalue weighted by atomic mass is 10.1. The number of hydrogen-bond donors (Lipinski definition) is 2. The van der Waals surface area contributed by atoms with Crippen molar-refractivity contribution in [3.05, 3.63) is 59.7 Å². The summed E-state index contributed by atoms with van der Waals surface area (Å²) >= 11 is 0. The average Bonchev–Trinajstić information content (AvgIpc) is 2.63. The first-order valence-corrected chi connectivity index (χ1v) is 7.52. The van der Waals surface area contributed by atoms with Crippen LogP contribution in [0, 0.1) is 0 Å². The van der Waals surface area contributed by atoms with Crippen LogP contribution in [0.3, 0.4) is 0 Å². The van der Waals surface area contributed by atoms with Crippen molar-refractivity contribution in [2.45, 2.75) is 13.0 Å². The molecule has 0 aliphatic carbocycles. The summed E-state index contributed by atoms with van der Waals surface area (Å²) in [6.45, 7) is 2.43. The second-order valence-corrected chi connectivity index (χ2v) is 4.89. The van der Waals surface area contributed by atoms with Crippen LogP contribution in [0.25, 0.3) is 0 Å². The van der Waals surface area contributed by atoms with E-state index in [-0.39, 0.29) is 0 Å². The highest BCUT2D eigenvalue weighted by molar-refractivity contribution is 5.85. The van der Waals surface area contributed by atoms with Crippen LogP contribution in [-0.2, 0) is 4.79 Å². The second-order valence-electron chi connectivity index (χ2n) is 4.89. The quantitative estimate of drug-likeness (QED) is 0.603. The van der Waals surface area contributed by atoms with Crippen LogP contribution < -0.4 is 14.9 Å². The number of methoxy groups -OCH3 is 1. The molecule has 2 aromatic rings. The van der Waals surface area contributed by atoms with Crippen molar-refractivity contribution in [1.82, 2.24) is 5.43 Å². The highest BCUT2D eigenvalue weighted by atomic mass is 16.5. The molecule has 0 fully saturated rings. The lowest BCUT2D eigenvalue weighted by Gasteiger charge is -2.10. The van der Waals surface area contributed by atoms with E-state index in [1.54, 1.807) is 49.6 Å². The Balaban J connectivity index is 1.99. The van der Waals surface area contributed by atoms with Crippen LogP contribution in [0.4, 0.5) is 0 Å². The van der Waals surface area contributed by atoms with Crippen LogP contribution in [0.2, 0.25) is 0 Å². The van der Waals surface area contributed by atoms with Gasteiger partial charge in [0.25, 0.3) is 5.91 Å². The Kier molecular flexibility index (Phi) is 6.33. The largest absolute Gasteiger partial charge is 0.493 e. The fourth-order valence-corrected chi connectivity index (χ4v) is 2.06. The molecule has 0 aromatic heterocycles. The van der Waals surface area contributed by atoms with Crippen molar-refractivity contribution in [3.63, 3.8) is 0 Å². The molecule has 2 N–H and O–H groups in total. The van der Waals surface area contributed by atoms with Gasteiger partial charge in [-0.3, -0.25) is 4.79 Å². The molecule has 0 saturated heterocycles. The van der Waals surface area contributed by atoms with E-state index in [9.17, 15) is 9.90 Å². The zero-order valence-electron chi connectivity index (χ0n) is 13.6. The molecule has 0 radical (unpaired) electrons. The van der Waals surface area contributed by atoms with E-state index in [2.05, 4.69) is 10.5 Å². The van der Waals surface area contributed by atoms with Gasteiger partial charge in [0, 0.05) is 0 Å². The predicted molar refractivity (Wildman–Crippen MR) is 91.3 cm³/mol. The van der Waals surface area contributed by atoms with Gasteiger partial charge in [0.05, 0.1) is 19.9 Å².